The van der Waals surface area contributed by atoms with E-state index < -0.39 is 0 Å². The molecule has 1 heterocycles. The molecule has 1 unspecified atom stereocenters. The van der Waals surface area contributed by atoms with Crippen LogP contribution < -0.4 is 5.32 Å². The summed E-state index contributed by atoms with van der Waals surface area (Å²) in [5.74, 6) is 0. The normalized spacial score (nSPS) is 11.9. The molecular weight excluding hydrogens is 218 g/mol. The van der Waals surface area contributed by atoms with Crippen LogP contribution in [0.3, 0.4) is 0 Å². The molecule has 0 aliphatic carbocycles. The van der Waals surface area contributed by atoms with Gasteiger partial charge in [-0.05, 0) is 5.56 Å². The molecule has 16 heavy (non-hydrogen) atoms. The second-order valence-electron chi connectivity index (χ2n) is 3.34. The van der Waals surface area contributed by atoms with Gasteiger partial charge in [0.2, 0.25) is 0 Å². The van der Waals surface area contributed by atoms with E-state index in [0.29, 0.717) is 6.54 Å². The number of nitrogens with one attached hydrogen (secondary N) is 1. The van der Waals surface area contributed by atoms with Crippen molar-refractivity contribution >= 4 is 11.3 Å². The minimum Gasteiger partial charge on any atom is -0.293 e. The van der Waals surface area contributed by atoms with Gasteiger partial charge in [-0.25, -0.2) is 4.98 Å². The van der Waals surface area contributed by atoms with Gasteiger partial charge in [-0.2, -0.15) is 5.26 Å². The van der Waals surface area contributed by atoms with E-state index in [9.17, 15) is 0 Å². The van der Waals surface area contributed by atoms with Crippen LogP contribution >= 0.6 is 11.3 Å². The lowest BCUT2D eigenvalue weighted by Crippen LogP contribution is -2.19. The van der Waals surface area contributed by atoms with Crippen molar-refractivity contribution in [1.29, 1.82) is 5.26 Å². The van der Waals surface area contributed by atoms with E-state index in [0.717, 1.165) is 11.3 Å². The number of nitriles is 1. The summed E-state index contributed by atoms with van der Waals surface area (Å²) in [6, 6.07) is 11.9. The van der Waals surface area contributed by atoms with Crippen molar-refractivity contribution in [1.82, 2.24) is 10.3 Å². The molecule has 1 N–H and O–H groups in total. The van der Waals surface area contributed by atoms with E-state index in [1.807, 2.05) is 35.7 Å². The van der Waals surface area contributed by atoms with Crippen LogP contribution in [0.15, 0.2) is 41.2 Å². The number of hydrogen-bond donors (Lipinski definition) is 1. The van der Waals surface area contributed by atoms with Crippen LogP contribution in [0.2, 0.25) is 0 Å². The Bertz CT molecular complexity index is 459. The molecule has 0 saturated heterocycles. The molecule has 0 aliphatic rings. The monoisotopic (exact) mass is 229 g/mol. The van der Waals surface area contributed by atoms with E-state index in [1.165, 1.54) is 11.3 Å². The molecule has 80 valence electrons. The minimum absolute atomic E-state index is 0.327. The Hall–Kier alpha value is -1.70. The van der Waals surface area contributed by atoms with Crippen molar-refractivity contribution in [3.05, 3.63) is 52.5 Å². The highest BCUT2D eigenvalue weighted by Crippen LogP contribution is 2.12. The molecule has 0 fully saturated rings. The maximum Gasteiger partial charge on any atom is 0.139 e. The third-order valence-corrected chi connectivity index (χ3v) is 2.83. The lowest BCUT2D eigenvalue weighted by Gasteiger charge is -2.08. The van der Waals surface area contributed by atoms with Crippen LogP contribution in [0.1, 0.15) is 17.3 Å². The summed E-state index contributed by atoms with van der Waals surface area (Å²) in [5, 5.41) is 14.1. The molecule has 1 atom stereocenters. The van der Waals surface area contributed by atoms with Gasteiger partial charge in [0.05, 0.1) is 17.3 Å². The Labute approximate surface area is 98.4 Å². The van der Waals surface area contributed by atoms with E-state index >= 15 is 0 Å². The van der Waals surface area contributed by atoms with Crippen LogP contribution in [-0.4, -0.2) is 4.98 Å². The van der Waals surface area contributed by atoms with Gasteiger partial charge >= 0.3 is 0 Å². The van der Waals surface area contributed by atoms with Gasteiger partial charge in [0.1, 0.15) is 6.04 Å². The smallest absolute Gasteiger partial charge is 0.139 e. The molecule has 2 rings (SSSR count). The van der Waals surface area contributed by atoms with Gasteiger partial charge < -0.3 is 0 Å². The van der Waals surface area contributed by atoms with Crippen LogP contribution in [-0.2, 0) is 6.54 Å². The lowest BCUT2D eigenvalue weighted by molar-refractivity contribution is 0.619. The second-order valence-corrected chi connectivity index (χ2v) is 4.06. The highest BCUT2D eigenvalue weighted by Gasteiger charge is 2.10. The summed E-state index contributed by atoms with van der Waals surface area (Å²) in [5.41, 5.74) is 3.70. The zero-order valence-corrected chi connectivity index (χ0v) is 9.45. The molecular formula is C12H11N3S. The van der Waals surface area contributed by atoms with E-state index in [4.69, 9.17) is 5.26 Å². The van der Waals surface area contributed by atoms with Gasteiger partial charge in [0, 0.05) is 11.9 Å². The number of benzene rings is 1. The number of hydrogen-bond acceptors (Lipinski definition) is 4. The van der Waals surface area contributed by atoms with Crippen molar-refractivity contribution in [2.24, 2.45) is 0 Å². The van der Waals surface area contributed by atoms with E-state index in [1.54, 1.807) is 5.51 Å². The molecule has 0 spiro atoms. The van der Waals surface area contributed by atoms with Gasteiger partial charge in [-0.15, -0.1) is 11.3 Å². The summed E-state index contributed by atoms with van der Waals surface area (Å²) in [4.78, 5) is 4.13. The largest absolute Gasteiger partial charge is 0.293 e. The van der Waals surface area contributed by atoms with Crippen molar-refractivity contribution < 1.29 is 0 Å². The highest BCUT2D eigenvalue weighted by molar-refractivity contribution is 7.07. The number of thiazole rings is 1. The molecule has 4 heteroatoms. The Balaban J connectivity index is 1.97. The van der Waals surface area contributed by atoms with Crippen molar-refractivity contribution in [3.63, 3.8) is 0 Å². The Morgan fingerprint density at radius 3 is 2.81 bits per heavy atom. The fourth-order valence-electron chi connectivity index (χ4n) is 1.40. The molecule has 1 aromatic carbocycles. The summed E-state index contributed by atoms with van der Waals surface area (Å²) < 4.78 is 0. The quantitative estimate of drug-likeness (QED) is 0.876. The summed E-state index contributed by atoms with van der Waals surface area (Å²) in [7, 11) is 0. The topological polar surface area (TPSA) is 48.7 Å². The summed E-state index contributed by atoms with van der Waals surface area (Å²) in [6.07, 6.45) is 0. The van der Waals surface area contributed by atoms with Crippen LogP contribution in [0, 0.1) is 11.3 Å². The van der Waals surface area contributed by atoms with Crippen molar-refractivity contribution in [2.75, 3.05) is 0 Å². The third-order valence-electron chi connectivity index (χ3n) is 2.23. The average Bonchev–Trinajstić information content (AvgIpc) is 2.85. The molecule has 0 radical (unpaired) electrons. The fourth-order valence-corrected chi connectivity index (χ4v) is 1.98. The summed E-state index contributed by atoms with van der Waals surface area (Å²) in [6.45, 7) is 0.677. The van der Waals surface area contributed by atoms with Gasteiger partial charge in [0.15, 0.2) is 0 Å². The van der Waals surface area contributed by atoms with Gasteiger partial charge in [-0.1, -0.05) is 30.3 Å². The molecule has 2 aromatic rings. The molecule has 3 nitrogen and oxygen atoms in total. The Kier molecular flexibility index (Phi) is 3.65. The standard InChI is InChI=1S/C12H11N3S/c13-6-11(12-8-16-9-15-12)14-7-10-4-2-1-3-5-10/h1-5,8-9,11,14H,7H2. The number of nitrogens with zero attached hydrogens (tertiary/aromatic N) is 2. The number of rotatable bonds is 4. The SMILES string of the molecule is N#CC(NCc1ccccc1)c1cscn1. The van der Waals surface area contributed by atoms with Gasteiger partial charge in [-0.3, -0.25) is 5.32 Å². The second kappa shape index (κ2) is 5.40. The summed E-state index contributed by atoms with van der Waals surface area (Å²) >= 11 is 1.50. The first kappa shape index (κ1) is 10.8. The molecule has 0 amide bonds. The highest BCUT2D eigenvalue weighted by atomic mass is 32.1. The zero-order chi connectivity index (χ0) is 11.2. The van der Waals surface area contributed by atoms with Crippen LogP contribution in [0.5, 0.6) is 0 Å². The number of aromatic nitrogens is 1. The molecule has 0 saturated carbocycles. The first-order valence-electron chi connectivity index (χ1n) is 4.95. The molecule has 0 bridgehead atoms. The predicted molar refractivity (Wildman–Crippen MR) is 63.7 cm³/mol. The molecule has 1 aromatic heterocycles. The Morgan fingerprint density at radius 2 is 2.19 bits per heavy atom. The van der Waals surface area contributed by atoms with E-state index in [-0.39, 0.29) is 6.04 Å². The maximum atomic E-state index is 9.03. The van der Waals surface area contributed by atoms with Crippen molar-refractivity contribution in [3.8, 4) is 6.07 Å². The van der Waals surface area contributed by atoms with Gasteiger partial charge in [0.25, 0.3) is 0 Å². The lowest BCUT2D eigenvalue weighted by atomic mass is 10.2. The van der Waals surface area contributed by atoms with Crippen LogP contribution in [0.25, 0.3) is 0 Å². The average molecular weight is 229 g/mol. The predicted octanol–water partition coefficient (Wildman–Crippen LogP) is 2.50. The van der Waals surface area contributed by atoms with Crippen molar-refractivity contribution in [2.45, 2.75) is 12.6 Å². The Morgan fingerprint density at radius 1 is 1.38 bits per heavy atom. The van der Waals surface area contributed by atoms with Crippen LogP contribution in [0.4, 0.5) is 0 Å². The fraction of sp³-hybridized carbons (Fsp3) is 0.167. The first-order chi connectivity index (χ1) is 7.90. The minimum atomic E-state index is -0.327. The maximum absolute atomic E-state index is 9.03. The first-order valence-corrected chi connectivity index (χ1v) is 5.89. The third kappa shape index (κ3) is 2.66. The van der Waals surface area contributed by atoms with E-state index in [2.05, 4.69) is 16.4 Å². The zero-order valence-electron chi connectivity index (χ0n) is 8.63. The molecule has 0 aliphatic heterocycles.